The van der Waals surface area contributed by atoms with Gasteiger partial charge in [-0.25, -0.2) is 13.2 Å². The van der Waals surface area contributed by atoms with Crippen molar-refractivity contribution in [2.75, 3.05) is 5.75 Å². The lowest BCUT2D eigenvalue weighted by Gasteiger charge is -2.46. The predicted octanol–water partition coefficient (Wildman–Crippen LogP) is -0.812. The van der Waals surface area contributed by atoms with Crippen LogP contribution in [0.3, 0.4) is 0 Å². The number of carbonyl (C=O) groups excluding carboxylic acids is 1. The second kappa shape index (κ2) is 2.82. The van der Waals surface area contributed by atoms with E-state index in [9.17, 15) is 18.0 Å². The Labute approximate surface area is 86.1 Å². The van der Waals surface area contributed by atoms with Gasteiger partial charge in [0.05, 0.1) is 11.7 Å². The van der Waals surface area contributed by atoms with Crippen LogP contribution in [0.2, 0.25) is 0 Å². The van der Waals surface area contributed by atoms with Gasteiger partial charge in [-0.15, -0.1) is 0 Å². The molecule has 0 bridgehead atoms. The fraction of sp³-hybridized carbons (Fsp3) is 0.500. The zero-order valence-corrected chi connectivity index (χ0v) is 8.69. The van der Waals surface area contributed by atoms with Crippen molar-refractivity contribution in [2.24, 2.45) is 5.92 Å². The first kappa shape index (κ1) is 10.2. The van der Waals surface area contributed by atoms with Crippen molar-refractivity contribution in [3.63, 3.8) is 0 Å². The molecule has 0 aromatic carbocycles. The zero-order chi connectivity index (χ0) is 11.4. The van der Waals surface area contributed by atoms with E-state index < -0.39 is 33.0 Å². The summed E-state index contributed by atoms with van der Waals surface area (Å²) in [5.41, 5.74) is -0.224. The van der Waals surface area contributed by atoms with E-state index in [1.807, 2.05) is 0 Å². The minimum atomic E-state index is -3.41. The van der Waals surface area contributed by atoms with Gasteiger partial charge in [0.1, 0.15) is 5.70 Å². The van der Waals surface area contributed by atoms with Crippen molar-refractivity contribution in [1.82, 2.24) is 4.90 Å². The molecule has 2 aliphatic rings. The molecular weight excluding hydrogens is 222 g/mol. The summed E-state index contributed by atoms with van der Waals surface area (Å²) >= 11 is 0. The highest BCUT2D eigenvalue weighted by atomic mass is 32.2. The maximum Gasteiger partial charge on any atom is 0.352 e. The number of carboxylic acids is 1. The molecular formula is C8H9NO5S. The molecule has 7 heteroatoms. The van der Waals surface area contributed by atoms with Crippen LogP contribution in [-0.4, -0.2) is 41.4 Å². The number of aliphatic carboxylic acids is 1. The van der Waals surface area contributed by atoms with E-state index >= 15 is 0 Å². The van der Waals surface area contributed by atoms with E-state index in [4.69, 9.17) is 5.11 Å². The standard InChI is InChI=1S/C8H9NO5S/c1-4-6(10)9-5(8(11)12)2-3-15(13,14)7(4)9/h2,4,7H,3H2,1H3,(H,11,12)/t4?,7-/m0/s1. The number of β-lactam (4-membered cyclic amide) rings is 1. The average Bonchev–Trinajstić information content (AvgIpc) is 2.14. The second-order valence-electron chi connectivity index (χ2n) is 3.61. The highest BCUT2D eigenvalue weighted by Crippen LogP contribution is 2.37. The number of nitrogens with zero attached hydrogens (tertiary/aromatic N) is 1. The molecule has 6 nitrogen and oxygen atoms in total. The van der Waals surface area contributed by atoms with Crippen LogP contribution in [0.25, 0.3) is 0 Å². The SMILES string of the molecule is CC1C(=O)N2C(C(=O)O)=CCS(=O)(=O)[C@@H]12. The van der Waals surface area contributed by atoms with Gasteiger partial charge >= 0.3 is 5.97 Å². The topological polar surface area (TPSA) is 91.8 Å². The smallest absolute Gasteiger partial charge is 0.352 e. The first-order chi connectivity index (χ1) is 6.86. The Morgan fingerprint density at radius 2 is 2.20 bits per heavy atom. The Bertz CT molecular complexity index is 477. The van der Waals surface area contributed by atoms with Gasteiger partial charge in [-0.1, -0.05) is 6.92 Å². The molecule has 1 saturated heterocycles. The lowest BCUT2D eigenvalue weighted by Crippen LogP contribution is -2.65. The molecule has 1 fully saturated rings. The molecule has 82 valence electrons. The van der Waals surface area contributed by atoms with Gasteiger partial charge in [0.15, 0.2) is 15.2 Å². The molecule has 0 aromatic heterocycles. The van der Waals surface area contributed by atoms with E-state index in [-0.39, 0.29) is 11.4 Å². The summed E-state index contributed by atoms with van der Waals surface area (Å²) in [5.74, 6) is -2.67. The quantitative estimate of drug-likeness (QED) is 0.596. The van der Waals surface area contributed by atoms with Crippen molar-refractivity contribution in [3.05, 3.63) is 11.8 Å². The maximum absolute atomic E-state index is 11.5. The summed E-state index contributed by atoms with van der Waals surface area (Å²) in [4.78, 5) is 23.0. The van der Waals surface area contributed by atoms with Gasteiger partial charge in [0.2, 0.25) is 5.91 Å². The summed E-state index contributed by atoms with van der Waals surface area (Å²) < 4.78 is 23.1. The number of rotatable bonds is 1. The number of sulfone groups is 1. The molecule has 0 spiro atoms. The highest BCUT2D eigenvalue weighted by Gasteiger charge is 2.55. The normalized spacial score (nSPS) is 32.7. The van der Waals surface area contributed by atoms with Gasteiger partial charge in [0.25, 0.3) is 0 Å². The summed E-state index contributed by atoms with van der Waals surface area (Å²) in [6.45, 7) is 1.49. The minimum absolute atomic E-state index is 0.224. The van der Waals surface area contributed by atoms with Gasteiger partial charge in [0, 0.05) is 0 Å². The van der Waals surface area contributed by atoms with Crippen LogP contribution in [0, 0.1) is 5.92 Å². The molecule has 0 radical (unpaired) electrons. The molecule has 0 aromatic rings. The molecule has 1 amide bonds. The molecule has 2 heterocycles. The summed E-state index contributed by atoms with van der Waals surface area (Å²) in [5, 5.41) is 7.79. The van der Waals surface area contributed by atoms with E-state index in [2.05, 4.69) is 0 Å². The van der Waals surface area contributed by atoms with Crippen LogP contribution in [0.1, 0.15) is 6.92 Å². The lowest BCUT2D eigenvalue weighted by molar-refractivity contribution is -0.151. The van der Waals surface area contributed by atoms with Crippen LogP contribution in [-0.2, 0) is 19.4 Å². The zero-order valence-electron chi connectivity index (χ0n) is 7.87. The van der Waals surface area contributed by atoms with Crippen LogP contribution in [0.15, 0.2) is 11.8 Å². The Balaban J connectivity index is 2.48. The van der Waals surface area contributed by atoms with Crippen molar-refractivity contribution < 1.29 is 23.1 Å². The van der Waals surface area contributed by atoms with E-state index in [0.29, 0.717) is 0 Å². The van der Waals surface area contributed by atoms with Crippen molar-refractivity contribution >= 4 is 21.7 Å². The van der Waals surface area contributed by atoms with E-state index in [1.165, 1.54) is 6.92 Å². The van der Waals surface area contributed by atoms with E-state index in [0.717, 1.165) is 11.0 Å². The largest absolute Gasteiger partial charge is 0.477 e. The van der Waals surface area contributed by atoms with Crippen LogP contribution in [0.5, 0.6) is 0 Å². The fourth-order valence-electron chi connectivity index (χ4n) is 1.92. The molecule has 2 aliphatic heterocycles. The molecule has 0 aliphatic carbocycles. The third-order valence-electron chi connectivity index (χ3n) is 2.66. The van der Waals surface area contributed by atoms with E-state index in [1.54, 1.807) is 0 Å². The first-order valence-corrected chi connectivity index (χ1v) is 6.06. The molecule has 2 atom stereocenters. The number of hydrogen-bond donors (Lipinski definition) is 1. The summed E-state index contributed by atoms with van der Waals surface area (Å²) in [7, 11) is -3.41. The van der Waals surface area contributed by atoms with Crippen LogP contribution in [0.4, 0.5) is 0 Å². The van der Waals surface area contributed by atoms with Crippen molar-refractivity contribution in [3.8, 4) is 0 Å². The fourth-order valence-corrected chi connectivity index (χ4v) is 3.78. The monoisotopic (exact) mass is 231 g/mol. The number of hydrogen-bond acceptors (Lipinski definition) is 4. The average molecular weight is 231 g/mol. The minimum Gasteiger partial charge on any atom is -0.477 e. The molecule has 15 heavy (non-hydrogen) atoms. The molecule has 2 rings (SSSR count). The Hall–Kier alpha value is -1.37. The van der Waals surface area contributed by atoms with Gasteiger partial charge in [-0.3, -0.25) is 9.69 Å². The van der Waals surface area contributed by atoms with Gasteiger partial charge in [-0.2, -0.15) is 0 Å². The highest BCUT2D eigenvalue weighted by molar-refractivity contribution is 7.92. The van der Waals surface area contributed by atoms with Crippen LogP contribution >= 0.6 is 0 Å². The summed E-state index contributed by atoms with van der Waals surface area (Å²) in [6, 6.07) is 0. The number of carbonyl (C=O) groups is 2. The third-order valence-corrected chi connectivity index (χ3v) is 4.65. The number of amides is 1. The molecule has 0 saturated carbocycles. The third kappa shape index (κ3) is 1.19. The lowest BCUT2D eigenvalue weighted by atomic mass is 9.99. The predicted molar refractivity (Wildman–Crippen MR) is 49.3 cm³/mol. The first-order valence-electron chi connectivity index (χ1n) is 4.34. The Morgan fingerprint density at radius 3 is 2.73 bits per heavy atom. The second-order valence-corrected chi connectivity index (χ2v) is 5.75. The van der Waals surface area contributed by atoms with Crippen molar-refractivity contribution in [2.45, 2.75) is 12.3 Å². The Kier molecular flexibility index (Phi) is 1.91. The van der Waals surface area contributed by atoms with Gasteiger partial charge in [-0.05, 0) is 6.08 Å². The molecule has 1 unspecified atom stereocenters. The maximum atomic E-state index is 11.5. The summed E-state index contributed by atoms with van der Waals surface area (Å²) in [6.07, 6.45) is 1.07. The number of carboxylic acid groups (broad SMARTS) is 1. The Morgan fingerprint density at radius 1 is 1.60 bits per heavy atom. The van der Waals surface area contributed by atoms with Crippen LogP contribution < -0.4 is 0 Å². The molecule has 1 N–H and O–H groups in total. The number of fused-ring (bicyclic) bond motifs is 1. The van der Waals surface area contributed by atoms with Crippen molar-refractivity contribution in [1.29, 1.82) is 0 Å². The van der Waals surface area contributed by atoms with Gasteiger partial charge < -0.3 is 5.11 Å².